The summed E-state index contributed by atoms with van der Waals surface area (Å²) >= 11 is 6.02. The molecule has 0 aliphatic heterocycles. The van der Waals surface area contributed by atoms with Crippen molar-refractivity contribution in [1.82, 2.24) is 9.71 Å². The lowest BCUT2D eigenvalue weighted by Gasteiger charge is -2.35. The first-order valence-electron chi connectivity index (χ1n) is 6.65. The van der Waals surface area contributed by atoms with Gasteiger partial charge >= 0.3 is 0 Å². The van der Waals surface area contributed by atoms with E-state index in [-0.39, 0.29) is 12.0 Å². The second kappa shape index (κ2) is 6.37. The molecule has 0 unspecified atom stereocenters. The zero-order chi connectivity index (χ0) is 14.6. The fourth-order valence-corrected chi connectivity index (χ4v) is 4.06. The van der Waals surface area contributed by atoms with Gasteiger partial charge in [0.2, 0.25) is 5.03 Å². The number of pyridine rings is 1. The van der Waals surface area contributed by atoms with Crippen molar-refractivity contribution >= 4 is 21.6 Å². The van der Waals surface area contributed by atoms with Gasteiger partial charge in [0.1, 0.15) is 0 Å². The van der Waals surface area contributed by atoms with Crippen molar-refractivity contribution < 1.29 is 12.8 Å². The lowest BCUT2D eigenvalue weighted by atomic mass is 9.76. The van der Waals surface area contributed by atoms with Crippen LogP contribution in [0.15, 0.2) is 23.4 Å². The predicted molar refractivity (Wildman–Crippen MR) is 75.6 cm³/mol. The Bertz CT molecular complexity index is 559. The molecule has 0 atom stereocenters. The zero-order valence-corrected chi connectivity index (χ0v) is 12.7. The highest BCUT2D eigenvalue weighted by molar-refractivity contribution is 7.89. The minimum atomic E-state index is -3.93. The third kappa shape index (κ3) is 3.48. The van der Waals surface area contributed by atoms with Gasteiger partial charge in [-0.3, -0.25) is 0 Å². The molecule has 1 saturated carbocycles. The molecule has 20 heavy (non-hydrogen) atoms. The van der Waals surface area contributed by atoms with E-state index in [1.54, 1.807) is 0 Å². The van der Waals surface area contributed by atoms with Crippen molar-refractivity contribution in [3.05, 3.63) is 24.1 Å². The van der Waals surface area contributed by atoms with Crippen molar-refractivity contribution in [1.29, 1.82) is 0 Å². The van der Waals surface area contributed by atoms with Crippen LogP contribution in [0.25, 0.3) is 0 Å². The number of nitrogens with zero attached hydrogens (tertiary/aromatic N) is 1. The van der Waals surface area contributed by atoms with Gasteiger partial charge < -0.3 is 0 Å². The minimum Gasteiger partial charge on any atom is -0.241 e. The molecule has 112 valence electrons. The third-order valence-electron chi connectivity index (χ3n) is 3.81. The molecule has 1 aliphatic carbocycles. The van der Waals surface area contributed by atoms with Gasteiger partial charge in [0.25, 0.3) is 10.0 Å². The standard InChI is InChI=1S/C13H18ClFN2O2S/c14-9-13(6-2-1-3-7-13)10-17-20(18,19)12-11(15)5-4-8-16-12/h4-5,8,17H,1-3,6-7,9-10H2. The van der Waals surface area contributed by atoms with Gasteiger partial charge in [0.15, 0.2) is 5.82 Å². The van der Waals surface area contributed by atoms with Crippen LogP contribution in [0.2, 0.25) is 0 Å². The highest BCUT2D eigenvalue weighted by Gasteiger charge is 2.33. The van der Waals surface area contributed by atoms with Crippen molar-refractivity contribution in [2.45, 2.75) is 37.1 Å². The Morgan fingerprint density at radius 1 is 1.35 bits per heavy atom. The number of hydrogen-bond acceptors (Lipinski definition) is 3. The maximum atomic E-state index is 13.5. The fraction of sp³-hybridized carbons (Fsp3) is 0.615. The SMILES string of the molecule is O=S(=O)(NCC1(CCl)CCCCC1)c1ncccc1F. The summed E-state index contributed by atoms with van der Waals surface area (Å²) in [5.41, 5.74) is -0.224. The Morgan fingerprint density at radius 2 is 2.05 bits per heavy atom. The van der Waals surface area contributed by atoms with Crippen molar-refractivity contribution in [3.63, 3.8) is 0 Å². The van der Waals surface area contributed by atoms with Crippen LogP contribution in [0.1, 0.15) is 32.1 Å². The average molecular weight is 321 g/mol. The lowest BCUT2D eigenvalue weighted by Crippen LogP contribution is -2.40. The first-order chi connectivity index (χ1) is 9.49. The molecule has 1 aromatic rings. The Morgan fingerprint density at radius 3 is 2.65 bits per heavy atom. The van der Waals surface area contributed by atoms with E-state index < -0.39 is 20.9 Å². The summed E-state index contributed by atoms with van der Waals surface area (Å²) in [5.74, 6) is -0.441. The van der Waals surface area contributed by atoms with E-state index in [4.69, 9.17) is 11.6 Å². The Hall–Kier alpha value is -0.720. The van der Waals surface area contributed by atoms with Crippen LogP contribution in [0.3, 0.4) is 0 Å². The van der Waals surface area contributed by atoms with Crippen LogP contribution >= 0.6 is 11.6 Å². The van der Waals surface area contributed by atoms with E-state index in [9.17, 15) is 12.8 Å². The second-order valence-corrected chi connectivity index (χ2v) is 7.26. The molecule has 0 radical (unpaired) electrons. The smallest absolute Gasteiger partial charge is 0.241 e. The Labute approximate surface area is 123 Å². The monoisotopic (exact) mass is 320 g/mol. The van der Waals surface area contributed by atoms with Crippen LogP contribution in [0, 0.1) is 11.2 Å². The molecule has 1 heterocycles. The summed E-state index contributed by atoms with van der Waals surface area (Å²) < 4.78 is 40.2. The fourth-order valence-electron chi connectivity index (χ4n) is 2.54. The van der Waals surface area contributed by atoms with E-state index in [1.165, 1.54) is 12.3 Å². The van der Waals surface area contributed by atoms with Crippen LogP contribution < -0.4 is 4.72 Å². The summed E-state index contributed by atoms with van der Waals surface area (Å²) in [6, 6.07) is 2.44. The lowest BCUT2D eigenvalue weighted by molar-refractivity contribution is 0.223. The highest BCUT2D eigenvalue weighted by atomic mass is 35.5. The second-order valence-electron chi connectivity index (χ2n) is 5.31. The minimum absolute atomic E-state index is 0.224. The molecule has 7 heteroatoms. The molecule has 1 N–H and O–H groups in total. The Balaban J connectivity index is 2.11. The van der Waals surface area contributed by atoms with Gasteiger partial charge in [0, 0.05) is 18.6 Å². The molecular formula is C13H18ClFN2O2S. The third-order valence-corrected chi connectivity index (χ3v) is 5.71. The first kappa shape index (κ1) is 15.7. The number of halogens is 2. The maximum absolute atomic E-state index is 13.5. The van der Waals surface area contributed by atoms with Crippen LogP contribution in [0.5, 0.6) is 0 Å². The van der Waals surface area contributed by atoms with Gasteiger partial charge in [-0.1, -0.05) is 19.3 Å². The number of sulfonamides is 1. The largest absolute Gasteiger partial charge is 0.261 e. The van der Waals surface area contributed by atoms with Crippen LogP contribution in [-0.2, 0) is 10.0 Å². The molecule has 0 saturated heterocycles. The van der Waals surface area contributed by atoms with Gasteiger partial charge in [-0.15, -0.1) is 11.6 Å². The van der Waals surface area contributed by atoms with Crippen molar-refractivity contribution in [2.24, 2.45) is 5.41 Å². The molecular weight excluding hydrogens is 303 g/mol. The van der Waals surface area contributed by atoms with E-state index in [1.807, 2.05) is 0 Å². The summed E-state index contributed by atoms with van der Waals surface area (Å²) in [5, 5.41) is -0.555. The van der Waals surface area contributed by atoms with Crippen LogP contribution in [-0.4, -0.2) is 25.8 Å². The normalized spacial score (nSPS) is 18.9. The Kier molecular flexibility index (Phi) is 4.99. The molecule has 4 nitrogen and oxygen atoms in total. The summed E-state index contributed by atoms with van der Waals surface area (Å²) in [6.07, 6.45) is 6.29. The van der Waals surface area contributed by atoms with E-state index in [0.29, 0.717) is 5.88 Å². The number of hydrogen-bond donors (Lipinski definition) is 1. The van der Waals surface area contributed by atoms with Crippen molar-refractivity contribution in [2.75, 3.05) is 12.4 Å². The zero-order valence-electron chi connectivity index (χ0n) is 11.1. The van der Waals surface area contributed by atoms with E-state index in [0.717, 1.165) is 38.2 Å². The topological polar surface area (TPSA) is 59.1 Å². The number of alkyl halides is 1. The van der Waals surface area contributed by atoms with E-state index in [2.05, 4.69) is 9.71 Å². The van der Waals surface area contributed by atoms with Gasteiger partial charge in [-0.2, -0.15) is 0 Å². The van der Waals surface area contributed by atoms with Gasteiger partial charge in [0.05, 0.1) is 0 Å². The summed E-state index contributed by atoms with van der Waals surface area (Å²) in [4.78, 5) is 3.60. The average Bonchev–Trinajstić information content (AvgIpc) is 2.47. The molecule has 0 aromatic carbocycles. The van der Waals surface area contributed by atoms with Gasteiger partial charge in [-0.05, 0) is 30.4 Å². The number of aromatic nitrogens is 1. The number of nitrogens with one attached hydrogen (secondary N) is 1. The van der Waals surface area contributed by atoms with Gasteiger partial charge in [-0.25, -0.2) is 22.5 Å². The first-order valence-corrected chi connectivity index (χ1v) is 8.67. The van der Waals surface area contributed by atoms with Crippen LogP contribution in [0.4, 0.5) is 4.39 Å². The molecule has 1 aromatic heterocycles. The molecule has 1 aliphatic rings. The summed E-state index contributed by atoms with van der Waals surface area (Å²) in [6.45, 7) is 0.231. The van der Waals surface area contributed by atoms with E-state index >= 15 is 0 Å². The number of rotatable bonds is 5. The quantitative estimate of drug-likeness (QED) is 0.849. The molecule has 0 bridgehead atoms. The molecule has 0 spiro atoms. The molecule has 1 fully saturated rings. The maximum Gasteiger partial charge on any atom is 0.261 e. The highest BCUT2D eigenvalue weighted by Crippen LogP contribution is 2.37. The predicted octanol–water partition coefficient (Wildman–Crippen LogP) is 2.69. The molecule has 2 rings (SSSR count). The van der Waals surface area contributed by atoms with Crippen molar-refractivity contribution in [3.8, 4) is 0 Å². The molecule has 0 amide bonds. The summed E-state index contributed by atoms with van der Waals surface area (Å²) in [7, 11) is -3.93.